The van der Waals surface area contributed by atoms with Crippen LogP contribution in [0.3, 0.4) is 0 Å². The maximum Gasteiger partial charge on any atom is 0.412 e. The second-order valence-corrected chi connectivity index (χ2v) is 6.04. The Bertz CT molecular complexity index is 446. The van der Waals surface area contributed by atoms with E-state index >= 15 is 0 Å². The Balaban J connectivity index is 1.97. The Hall–Kier alpha value is -1.35. The van der Waals surface area contributed by atoms with Crippen molar-refractivity contribution >= 4 is 11.8 Å². The Morgan fingerprint density at radius 3 is 2.00 bits per heavy atom. The summed E-state index contributed by atoms with van der Waals surface area (Å²) >= 11 is 0. The normalized spacial score (nSPS) is 27.5. The molecule has 0 radical (unpaired) electrons. The van der Waals surface area contributed by atoms with Crippen LogP contribution in [0.4, 0.5) is 13.2 Å². The standard InChI is InChI=1S/C14H21F3N2O4/c1-13(14(15,16)17,19-12(21)10-5-3-7-23-10)8-18-11(20)9-4-2-6-22-9/h9-10H,2-8H2,1H3,(H,18,20)(H,19,21)/t9-,10-,13-/m1/s1. The highest BCUT2D eigenvalue weighted by atomic mass is 19.4. The van der Waals surface area contributed by atoms with Gasteiger partial charge in [0.1, 0.15) is 12.2 Å². The van der Waals surface area contributed by atoms with Crippen molar-refractivity contribution in [3.63, 3.8) is 0 Å². The molecule has 23 heavy (non-hydrogen) atoms. The number of alkyl halides is 3. The smallest absolute Gasteiger partial charge is 0.368 e. The highest BCUT2D eigenvalue weighted by molar-refractivity contribution is 5.83. The molecule has 2 fully saturated rings. The number of hydrogen-bond donors (Lipinski definition) is 2. The van der Waals surface area contributed by atoms with E-state index in [-0.39, 0.29) is 0 Å². The second-order valence-electron chi connectivity index (χ2n) is 6.04. The second kappa shape index (κ2) is 7.04. The van der Waals surface area contributed by atoms with Gasteiger partial charge in [-0.25, -0.2) is 0 Å². The van der Waals surface area contributed by atoms with Crippen LogP contribution >= 0.6 is 0 Å². The molecule has 2 saturated heterocycles. The number of carbonyl (C=O) groups is 2. The minimum Gasteiger partial charge on any atom is -0.368 e. The van der Waals surface area contributed by atoms with E-state index < -0.39 is 42.3 Å². The number of carbonyl (C=O) groups excluding carboxylic acids is 2. The molecule has 2 aliphatic heterocycles. The third kappa shape index (κ3) is 4.35. The summed E-state index contributed by atoms with van der Waals surface area (Å²) in [6.07, 6.45) is -4.10. The SMILES string of the molecule is C[C@](CNC(=O)[C@H]1CCCO1)(NC(=O)[C@H]1CCCO1)C(F)(F)F. The zero-order valence-electron chi connectivity index (χ0n) is 12.9. The predicted molar refractivity (Wildman–Crippen MR) is 73.6 cm³/mol. The van der Waals surface area contributed by atoms with Gasteiger partial charge in [0.25, 0.3) is 0 Å². The minimum atomic E-state index is -4.72. The predicted octanol–water partition coefficient (Wildman–Crippen LogP) is 0.898. The zero-order valence-corrected chi connectivity index (χ0v) is 12.9. The quantitative estimate of drug-likeness (QED) is 0.781. The lowest BCUT2D eigenvalue weighted by Crippen LogP contribution is -2.64. The molecule has 0 aromatic carbocycles. The summed E-state index contributed by atoms with van der Waals surface area (Å²) in [7, 11) is 0. The van der Waals surface area contributed by atoms with Gasteiger partial charge in [0.05, 0.1) is 0 Å². The van der Waals surface area contributed by atoms with Crippen LogP contribution in [-0.2, 0) is 19.1 Å². The van der Waals surface area contributed by atoms with Gasteiger partial charge in [0.2, 0.25) is 11.8 Å². The topological polar surface area (TPSA) is 76.7 Å². The number of hydrogen-bond acceptors (Lipinski definition) is 4. The average Bonchev–Trinajstić information content (AvgIpc) is 3.15. The molecule has 0 saturated carbocycles. The van der Waals surface area contributed by atoms with Gasteiger partial charge in [0.15, 0.2) is 5.54 Å². The Morgan fingerprint density at radius 2 is 1.57 bits per heavy atom. The number of nitrogens with one attached hydrogen (secondary N) is 2. The first kappa shape index (κ1) is 18.0. The molecule has 9 heteroatoms. The van der Waals surface area contributed by atoms with Crippen molar-refractivity contribution in [2.45, 2.75) is 56.5 Å². The molecule has 2 heterocycles. The third-order valence-electron chi connectivity index (χ3n) is 4.09. The van der Waals surface area contributed by atoms with Gasteiger partial charge in [-0.05, 0) is 32.6 Å². The summed E-state index contributed by atoms with van der Waals surface area (Å²) in [4.78, 5) is 23.8. The van der Waals surface area contributed by atoms with Gasteiger partial charge in [0, 0.05) is 19.8 Å². The first-order chi connectivity index (χ1) is 10.7. The van der Waals surface area contributed by atoms with Crippen LogP contribution in [0.1, 0.15) is 32.6 Å². The van der Waals surface area contributed by atoms with Gasteiger partial charge < -0.3 is 20.1 Å². The van der Waals surface area contributed by atoms with Crippen LogP contribution in [0, 0.1) is 0 Å². The monoisotopic (exact) mass is 338 g/mol. The summed E-state index contributed by atoms with van der Waals surface area (Å²) in [5, 5.41) is 4.20. The van der Waals surface area contributed by atoms with Crippen molar-refractivity contribution in [3.05, 3.63) is 0 Å². The molecule has 0 aliphatic carbocycles. The number of ether oxygens (including phenoxy) is 2. The van der Waals surface area contributed by atoms with E-state index in [1.807, 2.05) is 5.32 Å². The molecular formula is C14H21F3N2O4. The molecule has 0 aromatic rings. The van der Waals surface area contributed by atoms with Crippen molar-refractivity contribution < 1.29 is 32.2 Å². The molecule has 0 aromatic heterocycles. The Labute approximate surface area is 132 Å². The third-order valence-corrected chi connectivity index (χ3v) is 4.09. The lowest BCUT2D eigenvalue weighted by Gasteiger charge is -2.34. The Kier molecular flexibility index (Phi) is 5.51. The van der Waals surface area contributed by atoms with E-state index in [4.69, 9.17) is 9.47 Å². The minimum absolute atomic E-state index is 0.358. The lowest BCUT2D eigenvalue weighted by atomic mass is 10.0. The number of rotatable bonds is 5. The van der Waals surface area contributed by atoms with Crippen LogP contribution in [0.15, 0.2) is 0 Å². The molecule has 3 atom stereocenters. The molecule has 0 bridgehead atoms. The first-order valence-electron chi connectivity index (χ1n) is 7.62. The molecule has 6 nitrogen and oxygen atoms in total. The molecule has 2 aliphatic rings. The first-order valence-corrected chi connectivity index (χ1v) is 7.62. The van der Waals surface area contributed by atoms with Crippen LogP contribution in [0.25, 0.3) is 0 Å². The Morgan fingerprint density at radius 1 is 1.04 bits per heavy atom. The maximum atomic E-state index is 13.3. The van der Waals surface area contributed by atoms with Gasteiger partial charge in [-0.3, -0.25) is 9.59 Å². The van der Waals surface area contributed by atoms with E-state index in [1.54, 1.807) is 0 Å². The van der Waals surface area contributed by atoms with Gasteiger partial charge in [-0.1, -0.05) is 0 Å². The lowest BCUT2D eigenvalue weighted by molar-refractivity contribution is -0.194. The highest BCUT2D eigenvalue weighted by Crippen LogP contribution is 2.30. The van der Waals surface area contributed by atoms with Crippen LogP contribution in [0.2, 0.25) is 0 Å². The molecule has 0 unspecified atom stereocenters. The molecule has 2 amide bonds. The maximum absolute atomic E-state index is 13.3. The molecule has 0 spiro atoms. The van der Waals surface area contributed by atoms with Crippen molar-refractivity contribution in [1.82, 2.24) is 10.6 Å². The number of amides is 2. The van der Waals surface area contributed by atoms with Gasteiger partial charge in [-0.2, -0.15) is 13.2 Å². The van der Waals surface area contributed by atoms with E-state index in [0.29, 0.717) is 38.9 Å². The van der Waals surface area contributed by atoms with Crippen LogP contribution < -0.4 is 10.6 Å². The van der Waals surface area contributed by atoms with Gasteiger partial charge in [-0.15, -0.1) is 0 Å². The summed E-state index contributed by atoms with van der Waals surface area (Å²) in [6.45, 7) is 0.865. The molecule has 132 valence electrons. The average molecular weight is 338 g/mol. The van der Waals surface area contributed by atoms with Crippen molar-refractivity contribution in [3.8, 4) is 0 Å². The van der Waals surface area contributed by atoms with Crippen LogP contribution in [0.5, 0.6) is 0 Å². The highest BCUT2D eigenvalue weighted by Gasteiger charge is 2.53. The largest absolute Gasteiger partial charge is 0.412 e. The van der Waals surface area contributed by atoms with E-state index in [0.717, 1.165) is 6.92 Å². The van der Waals surface area contributed by atoms with Gasteiger partial charge >= 0.3 is 6.18 Å². The fourth-order valence-electron chi connectivity index (χ4n) is 2.51. The molecule has 2 rings (SSSR count). The molecule has 2 N–H and O–H groups in total. The van der Waals surface area contributed by atoms with E-state index in [9.17, 15) is 22.8 Å². The number of halogens is 3. The van der Waals surface area contributed by atoms with Crippen molar-refractivity contribution in [2.24, 2.45) is 0 Å². The fourth-order valence-corrected chi connectivity index (χ4v) is 2.51. The molecular weight excluding hydrogens is 317 g/mol. The summed E-state index contributed by atoms with van der Waals surface area (Å²) in [5.74, 6) is -1.40. The summed E-state index contributed by atoms with van der Waals surface area (Å²) in [5.41, 5.74) is -2.57. The van der Waals surface area contributed by atoms with Crippen molar-refractivity contribution in [1.29, 1.82) is 0 Å². The summed E-state index contributed by atoms with van der Waals surface area (Å²) in [6, 6.07) is 0. The summed E-state index contributed by atoms with van der Waals surface area (Å²) < 4.78 is 50.2. The fraction of sp³-hybridized carbons (Fsp3) is 0.857. The van der Waals surface area contributed by atoms with E-state index in [1.165, 1.54) is 0 Å². The van der Waals surface area contributed by atoms with Crippen molar-refractivity contribution in [2.75, 3.05) is 19.8 Å². The zero-order chi connectivity index (χ0) is 17.1. The van der Waals surface area contributed by atoms with E-state index in [2.05, 4.69) is 5.32 Å². The van der Waals surface area contributed by atoms with Crippen LogP contribution in [-0.4, -0.2) is 55.5 Å².